The zero-order valence-electron chi connectivity index (χ0n) is 9.58. The second kappa shape index (κ2) is 6.13. The molecular weight excluding hydrogens is 336 g/mol. The monoisotopic (exact) mass is 344 g/mol. The van der Waals surface area contributed by atoms with Gasteiger partial charge in [0, 0.05) is 22.4 Å². The summed E-state index contributed by atoms with van der Waals surface area (Å²) in [4.78, 5) is 10.2. The number of hydrogen-bond donors (Lipinski definition) is 1. The molecular formula is C10H9BrN4O3S. The lowest BCUT2D eigenvalue weighted by Gasteiger charge is -2.01. The maximum absolute atomic E-state index is 10.6. The fourth-order valence-electron chi connectivity index (χ4n) is 1.29. The third-order valence-corrected chi connectivity index (χ3v) is 3.83. The Labute approximate surface area is 120 Å². The topological polar surface area (TPSA) is 108 Å². The van der Waals surface area contributed by atoms with Gasteiger partial charge in [-0.05, 0) is 5.56 Å². The first kappa shape index (κ1) is 14.0. The Hall–Kier alpha value is -1.45. The highest BCUT2D eigenvalue weighted by Gasteiger charge is 2.11. The van der Waals surface area contributed by atoms with Gasteiger partial charge in [0.15, 0.2) is 0 Å². The van der Waals surface area contributed by atoms with Crippen LogP contribution in [0.5, 0.6) is 0 Å². The predicted octanol–water partition coefficient (Wildman–Crippen LogP) is 2.49. The highest BCUT2D eigenvalue weighted by Crippen LogP contribution is 2.28. The molecule has 0 unspecified atom stereocenters. The Kier molecular flexibility index (Phi) is 4.51. The summed E-state index contributed by atoms with van der Waals surface area (Å²) < 4.78 is 5.92. The highest BCUT2D eigenvalue weighted by molar-refractivity contribution is 9.10. The number of benzene rings is 1. The minimum atomic E-state index is -0.437. The van der Waals surface area contributed by atoms with E-state index in [1.165, 1.54) is 23.9 Å². The number of halogens is 1. The van der Waals surface area contributed by atoms with Crippen LogP contribution in [0.1, 0.15) is 11.5 Å². The summed E-state index contributed by atoms with van der Waals surface area (Å²) in [7, 11) is 0. The molecule has 0 radical (unpaired) electrons. The van der Waals surface area contributed by atoms with E-state index in [0.717, 1.165) is 5.56 Å². The second-order valence-corrected chi connectivity index (χ2v) is 5.27. The van der Waals surface area contributed by atoms with Crippen molar-refractivity contribution in [3.63, 3.8) is 0 Å². The van der Waals surface area contributed by atoms with Gasteiger partial charge in [-0.1, -0.05) is 33.8 Å². The van der Waals surface area contributed by atoms with Crippen molar-refractivity contribution in [1.29, 1.82) is 0 Å². The van der Waals surface area contributed by atoms with E-state index in [4.69, 9.17) is 10.2 Å². The van der Waals surface area contributed by atoms with Crippen LogP contribution in [0, 0.1) is 10.1 Å². The van der Waals surface area contributed by atoms with Gasteiger partial charge in [-0.2, -0.15) is 0 Å². The lowest BCUT2D eigenvalue weighted by molar-refractivity contribution is -0.384. The molecule has 0 saturated heterocycles. The third-order valence-electron chi connectivity index (χ3n) is 2.22. The maximum atomic E-state index is 10.6. The molecule has 2 rings (SSSR count). The van der Waals surface area contributed by atoms with Gasteiger partial charge in [-0.3, -0.25) is 10.1 Å². The summed E-state index contributed by atoms with van der Waals surface area (Å²) in [6, 6.07) is 4.62. The van der Waals surface area contributed by atoms with E-state index in [1.807, 2.05) is 0 Å². The van der Waals surface area contributed by atoms with Gasteiger partial charge in [0.1, 0.15) is 0 Å². The van der Waals surface area contributed by atoms with Gasteiger partial charge in [0.2, 0.25) is 5.89 Å². The number of non-ortho nitro benzene ring substituents is 1. The van der Waals surface area contributed by atoms with Crippen LogP contribution in [0.2, 0.25) is 0 Å². The molecule has 2 N–H and O–H groups in total. The summed E-state index contributed by atoms with van der Waals surface area (Å²) >= 11 is 4.65. The molecule has 0 bridgehead atoms. The number of nitro groups is 1. The first-order chi connectivity index (χ1) is 9.10. The van der Waals surface area contributed by atoms with Crippen LogP contribution in [0.4, 0.5) is 5.69 Å². The van der Waals surface area contributed by atoms with Crippen molar-refractivity contribution in [3.05, 3.63) is 44.2 Å². The quantitative estimate of drug-likeness (QED) is 0.504. The van der Waals surface area contributed by atoms with Crippen LogP contribution in [-0.2, 0) is 12.3 Å². The average molecular weight is 345 g/mol. The normalized spacial score (nSPS) is 10.6. The fourth-order valence-corrected chi connectivity index (χ4v) is 2.76. The molecule has 19 heavy (non-hydrogen) atoms. The molecule has 0 aliphatic heterocycles. The van der Waals surface area contributed by atoms with E-state index in [9.17, 15) is 10.1 Å². The Morgan fingerprint density at radius 2 is 2.26 bits per heavy atom. The van der Waals surface area contributed by atoms with E-state index in [1.54, 1.807) is 6.07 Å². The van der Waals surface area contributed by atoms with E-state index in [-0.39, 0.29) is 12.2 Å². The van der Waals surface area contributed by atoms with Gasteiger partial charge in [-0.15, -0.1) is 10.2 Å². The van der Waals surface area contributed by atoms with Crippen molar-refractivity contribution >= 4 is 33.4 Å². The van der Waals surface area contributed by atoms with Crippen LogP contribution >= 0.6 is 27.7 Å². The van der Waals surface area contributed by atoms with Gasteiger partial charge in [0.05, 0.1) is 11.5 Å². The van der Waals surface area contributed by atoms with Gasteiger partial charge in [0.25, 0.3) is 10.9 Å². The highest BCUT2D eigenvalue weighted by atomic mass is 79.9. The summed E-state index contributed by atoms with van der Waals surface area (Å²) in [5.41, 5.74) is 6.31. The number of thioether (sulfide) groups is 1. The lowest BCUT2D eigenvalue weighted by Crippen LogP contribution is -1.95. The average Bonchev–Trinajstić information content (AvgIpc) is 2.85. The smallest absolute Gasteiger partial charge is 0.276 e. The van der Waals surface area contributed by atoms with Crippen LogP contribution in [0.15, 0.2) is 32.3 Å². The van der Waals surface area contributed by atoms with Gasteiger partial charge in [-0.25, -0.2) is 0 Å². The molecule has 0 aliphatic rings. The molecule has 9 heteroatoms. The van der Waals surface area contributed by atoms with E-state index in [2.05, 4.69) is 26.1 Å². The van der Waals surface area contributed by atoms with E-state index >= 15 is 0 Å². The van der Waals surface area contributed by atoms with Crippen LogP contribution in [0.3, 0.4) is 0 Å². The van der Waals surface area contributed by atoms with Crippen molar-refractivity contribution in [3.8, 4) is 0 Å². The zero-order chi connectivity index (χ0) is 13.8. The molecule has 0 saturated carbocycles. The predicted molar refractivity (Wildman–Crippen MR) is 72.5 cm³/mol. The number of nitrogens with zero attached hydrogens (tertiary/aromatic N) is 3. The molecule has 1 aromatic carbocycles. The zero-order valence-corrected chi connectivity index (χ0v) is 12.0. The summed E-state index contributed by atoms with van der Waals surface area (Å²) in [6.45, 7) is 0.203. The Morgan fingerprint density at radius 1 is 1.47 bits per heavy atom. The van der Waals surface area contributed by atoms with E-state index in [0.29, 0.717) is 21.3 Å². The molecule has 1 heterocycles. The largest absolute Gasteiger partial charge is 0.415 e. The summed E-state index contributed by atoms with van der Waals surface area (Å²) in [5, 5.41) is 18.6. The van der Waals surface area contributed by atoms with Crippen molar-refractivity contribution < 1.29 is 9.34 Å². The Morgan fingerprint density at radius 3 is 2.84 bits per heavy atom. The fraction of sp³-hybridized carbons (Fsp3) is 0.200. The molecule has 0 spiro atoms. The van der Waals surface area contributed by atoms with Crippen molar-refractivity contribution in [1.82, 2.24) is 10.2 Å². The van der Waals surface area contributed by atoms with Gasteiger partial charge >= 0.3 is 0 Å². The van der Waals surface area contributed by atoms with Crippen LogP contribution in [0.25, 0.3) is 0 Å². The van der Waals surface area contributed by atoms with E-state index < -0.39 is 4.92 Å². The summed E-state index contributed by atoms with van der Waals surface area (Å²) in [5.74, 6) is 0.940. The third kappa shape index (κ3) is 3.52. The first-order valence-electron chi connectivity index (χ1n) is 5.18. The number of nitro benzene ring substituents is 1. The summed E-state index contributed by atoms with van der Waals surface area (Å²) in [6.07, 6.45) is 0. The molecule has 0 atom stereocenters. The second-order valence-electron chi connectivity index (χ2n) is 3.49. The maximum Gasteiger partial charge on any atom is 0.276 e. The minimum Gasteiger partial charge on any atom is -0.415 e. The number of rotatable bonds is 5. The van der Waals surface area contributed by atoms with Crippen molar-refractivity contribution in [2.75, 3.05) is 0 Å². The van der Waals surface area contributed by atoms with Crippen molar-refractivity contribution in [2.45, 2.75) is 17.5 Å². The standard InChI is InChI=1S/C10H9BrN4O3S/c11-8-3-7(15(16)17)2-1-6(8)5-19-10-14-13-9(4-12)18-10/h1-3H,4-5,12H2. The SMILES string of the molecule is NCc1nnc(SCc2ccc([N+](=O)[O-])cc2Br)o1. The minimum absolute atomic E-state index is 0.0452. The van der Waals surface area contributed by atoms with Crippen LogP contribution < -0.4 is 5.73 Å². The molecule has 100 valence electrons. The molecule has 0 amide bonds. The Bertz CT molecular complexity index is 604. The first-order valence-corrected chi connectivity index (χ1v) is 6.96. The van der Waals surface area contributed by atoms with Gasteiger partial charge < -0.3 is 10.2 Å². The van der Waals surface area contributed by atoms with Crippen molar-refractivity contribution in [2.24, 2.45) is 5.73 Å². The molecule has 1 aromatic heterocycles. The number of hydrogen-bond acceptors (Lipinski definition) is 7. The molecule has 7 nitrogen and oxygen atoms in total. The lowest BCUT2D eigenvalue weighted by atomic mass is 10.2. The number of aromatic nitrogens is 2. The van der Waals surface area contributed by atoms with Crippen LogP contribution in [-0.4, -0.2) is 15.1 Å². The molecule has 0 fully saturated rings. The molecule has 2 aromatic rings. The number of nitrogens with two attached hydrogens (primary N) is 1. The molecule has 0 aliphatic carbocycles. The Balaban J connectivity index is 2.05.